The van der Waals surface area contributed by atoms with E-state index in [-0.39, 0.29) is 0 Å². The minimum atomic E-state index is 0.337. The van der Waals surface area contributed by atoms with Gasteiger partial charge in [-0.1, -0.05) is 31.2 Å². The molecule has 2 fully saturated rings. The van der Waals surface area contributed by atoms with E-state index < -0.39 is 0 Å². The lowest BCUT2D eigenvalue weighted by Crippen LogP contribution is -2.46. The average Bonchev–Trinajstić information content (AvgIpc) is 3.11. The molecular formula is C23H38N4O2. The molecule has 2 aliphatic rings. The minimum Gasteiger partial charge on any atom is -0.381 e. The number of benzene rings is 1. The van der Waals surface area contributed by atoms with Crippen molar-refractivity contribution in [2.24, 2.45) is 10.9 Å². The molecule has 29 heavy (non-hydrogen) atoms. The van der Waals surface area contributed by atoms with Gasteiger partial charge in [0.15, 0.2) is 5.96 Å². The van der Waals surface area contributed by atoms with E-state index in [2.05, 4.69) is 65.6 Å². The van der Waals surface area contributed by atoms with Crippen molar-refractivity contribution in [2.75, 3.05) is 33.4 Å². The van der Waals surface area contributed by atoms with Crippen LogP contribution in [0, 0.1) is 5.92 Å². The summed E-state index contributed by atoms with van der Waals surface area (Å²) in [5, 5.41) is 7.06. The van der Waals surface area contributed by atoms with Crippen molar-refractivity contribution in [3.8, 4) is 0 Å². The Morgan fingerprint density at radius 3 is 2.48 bits per heavy atom. The Morgan fingerprint density at radius 1 is 1.17 bits per heavy atom. The highest BCUT2D eigenvalue weighted by molar-refractivity contribution is 5.80. The first-order valence-corrected chi connectivity index (χ1v) is 11.0. The number of guanidine groups is 1. The lowest BCUT2D eigenvalue weighted by atomic mass is 10.1. The zero-order chi connectivity index (χ0) is 20.6. The van der Waals surface area contributed by atoms with Gasteiger partial charge in [-0.15, -0.1) is 0 Å². The fourth-order valence-electron chi connectivity index (χ4n) is 3.98. The lowest BCUT2D eigenvalue weighted by molar-refractivity contribution is -0.0390. The van der Waals surface area contributed by atoms with Gasteiger partial charge in [-0.2, -0.15) is 0 Å². The maximum Gasteiger partial charge on any atom is 0.191 e. The number of nitrogens with zero attached hydrogens (tertiary/aromatic N) is 2. The standard InChI is InChI=1S/C23H38N4O2/c1-17(2)27-14-18(3)22(15-27)26-23(24-4)25-13-19-5-7-20(8-6-19)16-29-21-9-11-28-12-10-21/h5-8,17-18,21-22H,9-16H2,1-4H3,(H2,24,25,26). The van der Waals surface area contributed by atoms with Crippen molar-refractivity contribution < 1.29 is 9.47 Å². The van der Waals surface area contributed by atoms with E-state index in [1.165, 1.54) is 11.1 Å². The zero-order valence-corrected chi connectivity index (χ0v) is 18.5. The molecule has 0 radical (unpaired) electrons. The van der Waals surface area contributed by atoms with Gasteiger partial charge in [0, 0.05) is 52.0 Å². The van der Waals surface area contributed by atoms with E-state index in [0.29, 0.717) is 30.7 Å². The molecule has 2 aliphatic heterocycles. The molecule has 0 saturated carbocycles. The molecule has 162 valence electrons. The summed E-state index contributed by atoms with van der Waals surface area (Å²) in [4.78, 5) is 6.94. The molecule has 2 saturated heterocycles. The topological polar surface area (TPSA) is 58.1 Å². The maximum absolute atomic E-state index is 6.01. The summed E-state index contributed by atoms with van der Waals surface area (Å²) < 4.78 is 11.4. The summed E-state index contributed by atoms with van der Waals surface area (Å²) in [6.07, 6.45) is 2.34. The van der Waals surface area contributed by atoms with Crippen LogP contribution in [0.25, 0.3) is 0 Å². The second kappa shape index (κ2) is 11.0. The predicted molar refractivity (Wildman–Crippen MR) is 118 cm³/mol. The number of hydrogen-bond acceptors (Lipinski definition) is 4. The van der Waals surface area contributed by atoms with Crippen molar-refractivity contribution in [3.05, 3.63) is 35.4 Å². The lowest BCUT2D eigenvalue weighted by Gasteiger charge is -2.22. The van der Waals surface area contributed by atoms with Crippen LogP contribution in [-0.2, 0) is 22.6 Å². The summed E-state index contributed by atoms with van der Waals surface area (Å²) in [5.41, 5.74) is 2.46. The number of hydrogen-bond donors (Lipinski definition) is 2. The molecule has 1 aromatic carbocycles. The van der Waals surface area contributed by atoms with Crippen molar-refractivity contribution >= 4 is 5.96 Å². The van der Waals surface area contributed by atoms with Crippen LogP contribution >= 0.6 is 0 Å². The van der Waals surface area contributed by atoms with Crippen LogP contribution in [0.2, 0.25) is 0 Å². The van der Waals surface area contributed by atoms with Gasteiger partial charge >= 0.3 is 0 Å². The van der Waals surface area contributed by atoms with E-state index in [9.17, 15) is 0 Å². The third-order valence-electron chi connectivity index (χ3n) is 6.05. The third-order valence-corrected chi connectivity index (χ3v) is 6.05. The zero-order valence-electron chi connectivity index (χ0n) is 18.5. The van der Waals surface area contributed by atoms with E-state index in [1.54, 1.807) is 0 Å². The molecule has 1 aromatic rings. The van der Waals surface area contributed by atoms with E-state index >= 15 is 0 Å². The van der Waals surface area contributed by atoms with Crippen LogP contribution in [0.15, 0.2) is 29.3 Å². The first kappa shape index (κ1) is 22.1. The predicted octanol–water partition coefficient (Wildman–Crippen LogP) is 2.78. The highest BCUT2D eigenvalue weighted by atomic mass is 16.5. The van der Waals surface area contributed by atoms with Gasteiger partial charge in [0.05, 0.1) is 12.7 Å². The molecule has 2 heterocycles. The van der Waals surface area contributed by atoms with Crippen molar-refractivity contribution in [1.82, 2.24) is 15.5 Å². The van der Waals surface area contributed by atoms with Gasteiger partial charge in [-0.05, 0) is 43.7 Å². The average molecular weight is 403 g/mol. The molecule has 6 nitrogen and oxygen atoms in total. The minimum absolute atomic E-state index is 0.337. The second-order valence-corrected chi connectivity index (χ2v) is 8.64. The van der Waals surface area contributed by atoms with Crippen molar-refractivity contribution in [2.45, 2.75) is 65.0 Å². The Bertz CT molecular complexity index is 641. The molecule has 0 spiro atoms. The third kappa shape index (κ3) is 6.69. The van der Waals surface area contributed by atoms with Crippen molar-refractivity contribution in [1.29, 1.82) is 0 Å². The second-order valence-electron chi connectivity index (χ2n) is 8.64. The Labute approximate surface area is 176 Å². The molecule has 2 N–H and O–H groups in total. The Kier molecular flexibility index (Phi) is 8.33. The molecule has 2 atom stereocenters. The smallest absolute Gasteiger partial charge is 0.191 e. The van der Waals surface area contributed by atoms with Crippen LogP contribution in [-0.4, -0.2) is 62.4 Å². The highest BCUT2D eigenvalue weighted by Gasteiger charge is 2.31. The van der Waals surface area contributed by atoms with Crippen LogP contribution in [0.4, 0.5) is 0 Å². The van der Waals surface area contributed by atoms with Crippen LogP contribution < -0.4 is 10.6 Å². The number of likely N-dealkylation sites (tertiary alicyclic amines) is 1. The normalized spacial score (nSPS) is 24.2. The van der Waals surface area contributed by atoms with Crippen LogP contribution in [0.3, 0.4) is 0 Å². The summed E-state index contributed by atoms with van der Waals surface area (Å²) in [6, 6.07) is 9.68. The van der Waals surface area contributed by atoms with Gasteiger partial charge in [-0.3, -0.25) is 9.89 Å². The highest BCUT2D eigenvalue weighted by Crippen LogP contribution is 2.18. The molecule has 3 rings (SSSR count). The van der Waals surface area contributed by atoms with Crippen LogP contribution in [0.5, 0.6) is 0 Å². The largest absolute Gasteiger partial charge is 0.381 e. The van der Waals surface area contributed by atoms with E-state index in [0.717, 1.165) is 51.6 Å². The fraction of sp³-hybridized carbons (Fsp3) is 0.696. The quantitative estimate of drug-likeness (QED) is 0.543. The van der Waals surface area contributed by atoms with Gasteiger partial charge in [0.1, 0.15) is 0 Å². The number of nitrogens with one attached hydrogen (secondary N) is 2. The molecule has 0 bridgehead atoms. The summed E-state index contributed by atoms with van der Waals surface area (Å²) in [7, 11) is 1.84. The molecule has 0 amide bonds. The van der Waals surface area contributed by atoms with Gasteiger partial charge < -0.3 is 20.1 Å². The maximum atomic E-state index is 6.01. The van der Waals surface area contributed by atoms with E-state index in [1.807, 2.05) is 7.05 Å². The summed E-state index contributed by atoms with van der Waals surface area (Å²) in [6.45, 7) is 12.1. The SMILES string of the molecule is CN=C(NCc1ccc(COC2CCOCC2)cc1)NC1CN(C(C)C)CC1C. The van der Waals surface area contributed by atoms with Gasteiger partial charge in [-0.25, -0.2) is 0 Å². The molecule has 6 heteroatoms. The first-order chi connectivity index (χ1) is 14.0. The number of ether oxygens (including phenoxy) is 2. The summed E-state index contributed by atoms with van der Waals surface area (Å²) in [5.74, 6) is 1.49. The number of aliphatic imine (C=N–C) groups is 1. The Morgan fingerprint density at radius 2 is 1.86 bits per heavy atom. The molecule has 0 aromatic heterocycles. The monoisotopic (exact) mass is 402 g/mol. The number of rotatable bonds is 7. The van der Waals surface area contributed by atoms with Gasteiger partial charge in [0.2, 0.25) is 0 Å². The molecular weight excluding hydrogens is 364 g/mol. The van der Waals surface area contributed by atoms with E-state index in [4.69, 9.17) is 9.47 Å². The van der Waals surface area contributed by atoms with Gasteiger partial charge in [0.25, 0.3) is 0 Å². The summed E-state index contributed by atoms with van der Waals surface area (Å²) >= 11 is 0. The van der Waals surface area contributed by atoms with Crippen LogP contribution in [0.1, 0.15) is 44.7 Å². The fourth-order valence-corrected chi connectivity index (χ4v) is 3.98. The Hall–Kier alpha value is -1.63. The molecule has 2 unspecified atom stereocenters. The Balaban J connectivity index is 1.42. The first-order valence-electron chi connectivity index (χ1n) is 11.0. The molecule has 0 aliphatic carbocycles. The van der Waals surface area contributed by atoms with Crippen molar-refractivity contribution in [3.63, 3.8) is 0 Å².